The number of aliphatic imine (C=N–C) groups is 1. The first-order valence-electron chi connectivity index (χ1n) is 8.91. The van der Waals surface area contributed by atoms with E-state index in [-0.39, 0.29) is 30.1 Å². The highest BCUT2D eigenvalue weighted by atomic mass is 127. The van der Waals surface area contributed by atoms with Gasteiger partial charge in [0.2, 0.25) is 0 Å². The van der Waals surface area contributed by atoms with Crippen molar-refractivity contribution in [2.45, 2.75) is 53.6 Å². The van der Waals surface area contributed by atoms with Gasteiger partial charge in [-0.2, -0.15) is 0 Å². The summed E-state index contributed by atoms with van der Waals surface area (Å²) in [5.41, 5.74) is -0.480. The Labute approximate surface area is 170 Å². The standard InChI is InChI=1S/C17H36N4O3.HI/c1-7-12-21(16(22)24-17(4,5)6)13-10-19-15(18-8-2)20-11-14-23-9-3;/h7-14H2,1-6H3,(H2,18,19,20);1H. The minimum atomic E-state index is -0.480. The molecule has 25 heavy (non-hydrogen) atoms. The Balaban J connectivity index is 0. The zero-order valence-electron chi connectivity index (χ0n) is 16.7. The van der Waals surface area contributed by atoms with E-state index in [0.29, 0.717) is 39.4 Å². The molecule has 7 nitrogen and oxygen atoms in total. The molecule has 0 bridgehead atoms. The van der Waals surface area contributed by atoms with Crippen LogP contribution in [0.2, 0.25) is 0 Å². The number of carbonyl (C=O) groups excluding carboxylic acids is 1. The van der Waals surface area contributed by atoms with Gasteiger partial charge in [0.25, 0.3) is 0 Å². The van der Waals surface area contributed by atoms with Gasteiger partial charge in [-0.1, -0.05) is 6.92 Å². The second-order valence-electron chi connectivity index (χ2n) is 6.35. The third-order valence-corrected chi connectivity index (χ3v) is 2.87. The predicted molar refractivity (Wildman–Crippen MR) is 114 cm³/mol. The largest absolute Gasteiger partial charge is 0.444 e. The topological polar surface area (TPSA) is 75.2 Å². The zero-order valence-corrected chi connectivity index (χ0v) is 19.0. The molecule has 0 aliphatic heterocycles. The summed E-state index contributed by atoms with van der Waals surface area (Å²) in [5, 5.41) is 6.42. The summed E-state index contributed by atoms with van der Waals surface area (Å²) in [6.07, 6.45) is 0.617. The van der Waals surface area contributed by atoms with Crippen molar-refractivity contribution in [3.8, 4) is 0 Å². The molecule has 0 radical (unpaired) electrons. The summed E-state index contributed by atoms with van der Waals surface area (Å²) in [6.45, 7) is 16.2. The average molecular weight is 472 g/mol. The van der Waals surface area contributed by atoms with Crippen LogP contribution in [-0.2, 0) is 9.47 Å². The highest BCUT2D eigenvalue weighted by Gasteiger charge is 2.21. The number of ether oxygens (including phenoxy) is 2. The summed E-state index contributed by atoms with van der Waals surface area (Å²) in [7, 11) is 0. The van der Waals surface area contributed by atoms with E-state index in [1.165, 1.54) is 0 Å². The fourth-order valence-corrected chi connectivity index (χ4v) is 1.91. The van der Waals surface area contributed by atoms with Crippen LogP contribution in [0.5, 0.6) is 0 Å². The monoisotopic (exact) mass is 472 g/mol. The molecule has 0 aromatic rings. The molecule has 1 amide bonds. The number of halogens is 1. The quantitative estimate of drug-likeness (QED) is 0.221. The molecule has 0 spiro atoms. The lowest BCUT2D eigenvalue weighted by atomic mass is 10.2. The van der Waals surface area contributed by atoms with Crippen LogP contribution in [0.15, 0.2) is 4.99 Å². The van der Waals surface area contributed by atoms with Crippen molar-refractivity contribution in [1.82, 2.24) is 15.5 Å². The normalized spacial score (nSPS) is 11.5. The van der Waals surface area contributed by atoms with Crippen LogP contribution >= 0.6 is 24.0 Å². The average Bonchev–Trinajstić information content (AvgIpc) is 2.48. The van der Waals surface area contributed by atoms with Gasteiger partial charge in [0.05, 0.1) is 13.2 Å². The number of hydrogen-bond acceptors (Lipinski definition) is 4. The van der Waals surface area contributed by atoms with Crippen LogP contribution in [0, 0.1) is 0 Å². The second kappa shape index (κ2) is 15.5. The van der Waals surface area contributed by atoms with Gasteiger partial charge in [-0.25, -0.2) is 4.79 Å². The van der Waals surface area contributed by atoms with E-state index < -0.39 is 5.60 Å². The summed E-state index contributed by atoms with van der Waals surface area (Å²) >= 11 is 0. The van der Waals surface area contributed by atoms with Crippen molar-refractivity contribution < 1.29 is 14.3 Å². The summed E-state index contributed by atoms with van der Waals surface area (Å²) in [4.78, 5) is 18.4. The minimum absolute atomic E-state index is 0. The van der Waals surface area contributed by atoms with Crippen molar-refractivity contribution in [1.29, 1.82) is 0 Å². The predicted octanol–water partition coefficient (Wildman–Crippen LogP) is 2.84. The molecule has 0 aliphatic rings. The molecular weight excluding hydrogens is 435 g/mol. The molecule has 0 heterocycles. The van der Waals surface area contributed by atoms with Crippen molar-refractivity contribution in [2.24, 2.45) is 4.99 Å². The first-order valence-corrected chi connectivity index (χ1v) is 8.91. The van der Waals surface area contributed by atoms with Crippen LogP contribution in [0.4, 0.5) is 4.79 Å². The van der Waals surface area contributed by atoms with Gasteiger partial charge in [0.1, 0.15) is 5.60 Å². The van der Waals surface area contributed by atoms with Gasteiger partial charge in [0, 0.05) is 32.8 Å². The van der Waals surface area contributed by atoms with E-state index in [2.05, 4.69) is 15.6 Å². The zero-order chi connectivity index (χ0) is 18.4. The molecule has 0 saturated heterocycles. The molecule has 150 valence electrons. The van der Waals surface area contributed by atoms with Gasteiger partial charge in [-0.15, -0.1) is 24.0 Å². The molecule has 0 aliphatic carbocycles. The third kappa shape index (κ3) is 15.2. The second-order valence-corrected chi connectivity index (χ2v) is 6.35. The molecule has 8 heteroatoms. The van der Waals surface area contributed by atoms with Crippen LogP contribution in [0.25, 0.3) is 0 Å². The Hall–Kier alpha value is -0.770. The van der Waals surface area contributed by atoms with Crippen molar-refractivity contribution in [2.75, 3.05) is 45.9 Å². The van der Waals surface area contributed by atoms with Crippen LogP contribution in [-0.4, -0.2) is 68.5 Å². The van der Waals surface area contributed by atoms with Crippen LogP contribution < -0.4 is 10.6 Å². The van der Waals surface area contributed by atoms with Crippen molar-refractivity contribution in [3.05, 3.63) is 0 Å². The number of nitrogens with zero attached hydrogens (tertiary/aromatic N) is 2. The van der Waals surface area contributed by atoms with Crippen molar-refractivity contribution >= 4 is 36.0 Å². The number of hydrogen-bond donors (Lipinski definition) is 2. The maximum Gasteiger partial charge on any atom is 0.410 e. The van der Waals surface area contributed by atoms with Gasteiger partial charge < -0.3 is 25.0 Å². The maximum atomic E-state index is 12.2. The van der Waals surface area contributed by atoms with Crippen molar-refractivity contribution in [3.63, 3.8) is 0 Å². The van der Waals surface area contributed by atoms with E-state index >= 15 is 0 Å². The minimum Gasteiger partial charge on any atom is -0.444 e. The van der Waals surface area contributed by atoms with E-state index in [1.807, 2.05) is 41.5 Å². The smallest absolute Gasteiger partial charge is 0.410 e. The third-order valence-electron chi connectivity index (χ3n) is 2.87. The number of rotatable bonds is 10. The fraction of sp³-hybridized carbons (Fsp3) is 0.882. The lowest BCUT2D eigenvalue weighted by Crippen LogP contribution is -2.44. The van der Waals surface area contributed by atoms with Gasteiger partial charge in [-0.3, -0.25) is 4.99 Å². The first-order chi connectivity index (χ1) is 11.3. The number of nitrogens with one attached hydrogen (secondary N) is 2. The number of amides is 1. The number of guanidine groups is 1. The van der Waals surface area contributed by atoms with Crippen LogP contribution in [0.1, 0.15) is 48.0 Å². The Morgan fingerprint density at radius 1 is 1.12 bits per heavy atom. The van der Waals surface area contributed by atoms with E-state index in [4.69, 9.17) is 9.47 Å². The highest BCUT2D eigenvalue weighted by Crippen LogP contribution is 2.09. The Morgan fingerprint density at radius 3 is 2.32 bits per heavy atom. The summed E-state index contributed by atoms with van der Waals surface area (Å²) < 4.78 is 10.7. The van der Waals surface area contributed by atoms with Gasteiger partial charge in [0.15, 0.2) is 5.96 Å². The Morgan fingerprint density at radius 2 is 1.80 bits per heavy atom. The Bertz CT molecular complexity index is 373. The molecule has 0 saturated carbocycles. The molecule has 0 aromatic heterocycles. The highest BCUT2D eigenvalue weighted by molar-refractivity contribution is 14.0. The van der Waals surface area contributed by atoms with E-state index in [0.717, 1.165) is 18.9 Å². The van der Waals surface area contributed by atoms with Gasteiger partial charge >= 0.3 is 6.09 Å². The van der Waals surface area contributed by atoms with Crippen LogP contribution in [0.3, 0.4) is 0 Å². The van der Waals surface area contributed by atoms with Gasteiger partial charge in [-0.05, 0) is 41.0 Å². The molecular formula is C17H37IN4O3. The summed E-state index contributed by atoms with van der Waals surface area (Å²) in [5.74, 6) is 0.734. The molecule has 0 rings (SSSR count). The lowest BCUT2D eigenvalue weighted by molar-refractivity contribution is 0.0253. The lowest BCUT2D eigenvalue weighted by Gasteiger charge is -2.27. The fourth-order valence-electron chi connectivity index (χ4n) is 1.91. The SMILES string of the molecule is CCCN(CCNC(=NCCOCC)NCC)C(=O)OC(C)(C)C.I. The summed E-state index contributed by atoms with van der Waals surface area (Å²) in [6, 6.07) is 0. The Kier molecular flexibility index (Phi) is 16.4. The molecule has 0 atom stereocenters. The number of carbonyl (C=O) groups is 1. The van der Waals surface area contributed by atoms with E-state index in [9.17, 15) is 4.79 Å². The first kappa shape index (κ1) is 26.5. The molecule has 0 fully saturated rings. The molecule has 0 unspecified atom stereocenters. The molecule has 0 aromatic carbocycles. The molecule has 2 N–H and O–H groups in total. The van der Waals surface area contributed by atoms with E-state index in [1.54, 1.807) is 4.90 Å². The maximum absolute atomic E-state index is 12.2.